The van der Waals surface area contributed by atoms with Crippen LogP contribution < -0.4 is 5.32 Å². The van der Waals surface area contributed by atoms with Crippen molar-refractivity contribution in [2.45, 2.75) is 39.4 Å². The second kappa shape index (κ2) is 9.01. The van der Waals surface area contributed by atoms with Crippen molar-refractivity contribution < 1.29 is 4.74 Å². The molecule has 0 saturated carbocycles. The molecule has 0 radical (unpaired) electrons. The van der Waals surface area contributed by atoms with Gasteiger partial charge in [0.2, 0.25) is 0 Å². The molecule has 1 N–H and O–H groups in total. The van der Waals surface area contributed by atoms with Crippen LogP contribution in [0, 0.1) is 0 Å². The lowest BCUT2D eigenvalue weighted by molar-refractivity contribution is 0.119. The molecule has 1 atom stereocenters. The zero-order valence-corrected chi connectivity index (χ0v) is 12.6. The van der Waals surface area contributed by atoms with Gasteiger partial charge in [-0.15, -0.1) is 5.10 Å². The van der Waals surface area contributed by atoms with Gasteiger partial charge in [0.05, 0.1) is 18.8 Å². The molecule has 0 amide bonds. The Morgan fingerprint density at radius 3 is 2.89 bits per heavy atom. The molecule has 0 aliphatic heterocycles. The second-order valence-electron chi connectivity index (χ2n) is 4.79. The van der Waals surface area contributed by atoms with E-state index in [0.717, 1.165) is 44.9 Å². The van der Waals surface area contributed by atoms with Crippen LogP contribution in [0.4, 0.5) is 0 Å². The molecular formula is C13H27N5O. The van der Waals surface area contributed by atoms with E-state index >= 15 is 0 Å². The average molecular weight is 269 g/mol. The van der Waals surface area contributed by atoms with Crippen LogP contribution in [0.15, 0.2) is 6.20 Å². The SMILES string of the molecule is CCC(C)N(CCOC)CCn1cc(CNC)nn1. The zero-order valence-electron chi connectivity index (χ0n) is 12.6. The van der Waals surface area contributed by atoms with Gasteiger partial charge in [0, 0.05) is 39.0 Å². The van der Waals surface area contributed by atoms with Crippen molar-refractivity contribution >= 4 is 0 Å². The van der Waals surface area contributed by atoms with Gasteiger partial charge in [0.25, 0.3) is 0 Å². The lowest BCUT2D eigenvalue weighted by Gasteiger charge is -2.27. The maximum Gasteiger partial charge on any atom is 0.0964 e. The fourth-order valence-electron chi connectivity index (χ4n) is 1.96. The highest BCUT2D eigenvalue weighted by atomic mass is 16.5. The van der Waals surface area contributed by atoms with Gasteiger partial charge in [0.1, 0.15) is 0 Å². The van der Waals surface area contributed by atoms with Gasteiger partial charge in [-0.05, 0) is 20.4 Å². The Kier molecular flexibility index (Phi) is 7.62. The summed E-state index contributed by atoms with van der Waals surface area (Å²) in [5.74, 6) is 0. The highest BCUT2D eigenvalue weighted by Crippen LogP contribution is 2.04. The first-order valence-corrected chi connectivity index (χ1v) is 6.97. The molecular weight excluding hydrogens is 242 g/mol. The predicted molar refractivity (Wildman–Crippen MR) is 76.0 cm³/mol. The van der Waals surface area contributed by atoms with Crippen molar-refractivity contribution in [2.75, 3.05) is 33.9 Å². The Morgan fingerprint density at radius 1 is 1.47 bits per heavy atom. The molecule has 0 bridgehead atoms. The first-order valence-electron chi connectivity index (χ1n) is 6.97. The van der Waals surface area contributed by atoms with Crippen molar-refractivity contribution in [3.05, 3.63) is 11.9 Å². The van der Waals surface area contributed by atoms with Crippen LogP contribution in [0.5, 0.6) is 0 Å². The molecule has 0 aromatic carbocycles. The number of nitrogens with zero attached hydrogens (tertiary/aromatic N) is 4. The summed E-state index contributed by atoms with van der Waals surface area (Å²) in [6.45, 7) is 8.80. The molecule has 1 heterocycles. The summed E-state index contributed by atoms with van der Waals surface area (Å²) in [5.41, 5.74) is 0.981. The smallest absolute Gasteiger partial charge is 0.0964 e. The molecule has 0 aliphatic rings. The first kappa shape index (κ1) is 16.1. The first-order chi connectivity index (χ1) is 9.21. The number of methoxy groups -OCH3 is 1. The van der Waals surface area contributed by atoms with Gasteiger partial charge < -0.3 is 10.1 Å². The average Bonchev–Trinajstić information content (AvgIpc) is 2.86. The molecule has 6 heteroatoms. The quantitative estimate of drug-likeness (QED) is 0.679. The third-order valence-corrected chi connectivity index (χ3v) is 3.36. The Bertz CT molecular complexity index is 342. The fraction of sp³-hybridized carbons (Fsp3) is 0.846. The Labute approximate surface area is 116 Å². The molecule has 19 heavy (non-hydrogen) atoms. The Hall–Kier alpha value is -0.980. The van der Waals surface area contributed by atoms with Crippen molar-refractivity contribution in [2.24, 2.45) is 0 Å². The van der Waals surface area contributed by atoms with E-state index in [2.05, 4.69) is 34.4 Å². The number of aromatic nitrogens is 3. The molecule has 6 nitrogen and oxygen atoms in total. The van der Waals surface area contributed by atoms with Crippen molar-refractivity contribution in [1.29, 1.82) is 0 Å². The predicted octanol–water partition coefficient (Wildman–Crippen LogP) is 0.744. The largest absolute Gasteiger partial charge is 0.383 e. The molecule has 0 saturated heterocycles. The van der Waals surface area contributed by atoms with E-state index < -0.39 is 0 Å². The number of nitrogens with one attached hydrogen (secondary N) is 1. The summed E-state index contributed by atoms with van der Waals surface area (Å²) in [7, 11) is 3.66. The standard InChI is InChI=1S/C13H27N5O/c1-5-12(2)17(8-9-19-4)6-7-18-11-13(10-14-3)15-16-18/h11-12,14H,5-10H2,1-4H3. The molecule has 1 rings (SSSR count). The van der Waals surface area contributed by atoms with Crippen molar-refractivity contribution in [1.82, 2.24) is 25.2 Å². The normalized spacial score (nSPS) is 13.1. The molecule has 0 spiro atoms. The highest BCUT2D eigenvalue weighted by Gasteiger charge is 2.12. The molecule has 1 unspecified atom stereocenters. The number of hydrogen-bond acceptors (Lipinski definition) is 5. The minimum absolute atomic E-state index is 0.565. The second-order valence-corrected chi connectivity index (χ2v) is 4.79. The van der Waals surface area contributed by atoms with E-state index in [4.69, 9.17) is 4.74 Å². The van der Waals surface area contributed by atoms with Gasteiger partial charge in [0.15, 0.2) is 0 Å². The van der Waals surface area contributed by atoms with E-state index in [1.54, 1.807) is 7.11 Å². The maximum absolute atomic E-state index is 5.17. The molecule has 1 aromatic heterocycles. The van der Waals surface area contributed by atoms with E-state index in [-0.39, 0.29) is 0 Å². The van der Waals surface area contributed by atoms with Gasteiger partial charge in [-0.2, -0.15) is 0 Å². The van der Waals surface area contributed by atoms with Crippen LogP contribution in [-0.4, -0.2) is 59.8 Å². The highest BCUT2D eigenvalue weighted by molar-refractivity contribution is 4.91. The number of hydrogen-bond donors (Lipinski definition) is 1. The molecule has 1 aromatic rings. The molecule has 110 valence electrons. The summed E-state index contributed by atoms with van der Waals surface area (Å²) in [5, 5.41) is 11.3. The lowest BCUT2D eigenvalue weighted by atomic mass is 10.2. The third kappa shape index (κ3) is 5.67. The maximum atomic E-state index is 5.17. The zero-order chi connectivity index (χ0) is 14.1. The van der Waals surface area contributed by atoms with Crippen LogP contribution in [0.1, 0.15) is 26.0 Å². The van der Waals surface area contributed by atoms with Gasteiger partial charge in [-0.25, -0.2) is 0 Å². The van der Waals surface area contributed by atoms with Crippen LogP contribution in [0.2, 0.25) is 0 Å². The lowest BCUT2D eigenvalue weighted by Crippen LogP contribution is -2.37. The monoisotopic (exact) mass is 269 g/mol. The van der Waals surface area contributed by atoms with Crippen LogP contribution in [0.25, 0.3) is 0 Å². The summed E-state index contributed by atoms with van der Waals surface area (Å²) in [6.07, 6.45) is 3.15. The summed E-state index contributed by atoms with van der Waals surface area (Å²) in [6, 6.07) is 0.565. The molecule has 0 aliphatic carbocycles. The van der Waals surface area contributed by atoms with Crippen LogP contribution in [0.3, 0.4) is 0 Å². The van der Waals surface area contributed by atoms with Gasteiger partial charge in [-0.3, -0.25) is 9.58 Å². The summed E-state index contributed by atoms with van der Waals surface area (Å²) in [4.78, 5) is 2.43. The molecule has 0 fully saturated rings. The van der Waals surface area contributed by atoms with Gasteiger partial charge in [-0.1, -0.05) is 12.1 Å². The topological polar surface area (TPSA) is 55.2 Å². The van der Waals surface area contributed by atoms with E-state index in [1.807, 2.05) is 17.9 Å². The summed E-state index contributed by atoms with van der Waals surface area (Å²) < 4.78 is 7.08. The van der Waals surface area contributed by atoms with Gasteiger partial charge >= 0.3 is 0 Å². The summed E-state index contributed by atoms with van der Waals surface area (Å²) >= 11 is 0. The van der Waals surface area contributed by atoms with Crippen molar-refractivity contribution in [3.8, 4) is 0 Å². The Morgan fingerprint density at radius 2 is 2.26 bits per heavy atom. The number of rotatable bonds is 10. The van der Waals surface area contributed by atoms with Crippen molar-refractivity contribution in [3.63, 3.8) is 0 Å². The minimum Gasteiger partial charge on any atom is -0.383 e. The van der Waals surface area contributed by atoms with Crippen LogP contribution >= 0.6 is 0 Å². The fourth-order valence-corrected chi connectivity index (χ4v) is 1.96. The number of ether oxygens (including phenoxy) is 1. The van der Waals surface area contributed by atoms with E-state index in [1.165, 1.54) is 0 Å². The van der Waals surface area contributed by atoms with E-state index in [9.17, 15) is 0 Å². The third-order valence-electron chi connectivity index (χ3n) is 3.36. The van der Waals surface area contributed by atoms with Crippen LogP contribution in [-0.2, 0) is 17.8 Å². The minimum atomic E-state index is 0.565. The van der Waals surface area contributed by atoms with E-state index in [0.29, 0.717) is 6.04 Å². The Balaban J connectivity index is 2.44.